The first-order chi connectivity index (χ1) is 9.78. The van der Waals surface area contributed by atoms with Crippen molar-refractivity contribution in [2.75, 3.05) is 19.0 Å². The summed E-state index contributed by atoms with van der Waals surface area (Å²) >= 11 is 5.20. The topological polar surface area (TPSA) is 62.0 Å². The molecule has 104 valence electrons. The van der Waals surface area contributed by atoms with Crippen molar-refractivity contribution >= 4 is 23.7 Å². The lowest BCUT2D eigenvalue weighted by Gasteiger charge is -2.20. The lowest BCUT2D eigenvalue weighted by Crippen LogP contribution is -2.26. The molecule has 1 aliphatic rings. The average molecular weight is 288 g/mol. The second kappa shape index (κ2) is 5.60. The van der Waals surface area contributed by atoms with Crippen LogP contribution in [-0.2, 0) is 13.0 Å². The van der Waals surface area contributed by atoms with Gasteiger partial charge in [-0.05, 0) is 37.3 Å². The van der Waals surface area contributed by atoms with Gasteiger partial charge in [0.2, 0.25) is 0 Å². The molecule has 1 aromatic carbocycles. The molecule has 3 rings (SSSR count). The van der Waals surface area contributed by atoms with E-state index < -0.39 is 0 Å². The van der Waals surface area contributed by atoms with Crippen LogP contribution in [0.15, 0.2) is 24.3 Å². The van der Waals surface area contributed by atoms with Gasteiger partial charge in [-0.15, -0.1) is 0 Å². The van der Waals surface area contributed by atoms with Crippen molar-refractivity contribution in [3.8, 4) is 5.75 Å². The molecule has 0 spiro atoms. The molecule has 0 radical (unpaired) electrons. The van der Waals surface area contributed by atoms with Crippen molar-refractivity contribution in [1.82, 2.24) is 15.3 Å². The predicted octanol–water partition coefficient (Wildman–Crippen LogP) is 2.54. The first-order valence-electron chi connectivity index (χ1n) is 6.51. The zero-order valence-electron chi connectivity index (χ0n) is 11.2. The zero-order valence-corrected chi connectivity index (χ0v) is 12.0. The molecule has 0 amide bonds. The van der Waals surface area contributed by atoms with Crippen LogP contribution in [0.1, 0.15) is 11.3 Å². The Hall–Kier alpha value is -1.92. The third-order valence-electron chi connectivity index (χ3n) is 3.33. The number of methoxy groups -OCH3 is 1. The van der Waals surface area contributed by atoms with Gasteiger partial charge in [0, 0.05) is 17.8 Å². The van der Waals surface area contributed by atoms with E-state index in [1.807, 2.05) is 24.3 Å². The zero-order chi connectivity index (χ0) is 13.9. The van der Waals surface area contributed by atoms with Crippen molar-refractivity contribution in [1.29, 1.82) is 0 Å². The van der Waals surface area contributed by atoms with E-state index in [0.717, 1.165) is 42.5 Å². The number of hydrogen-bond acceptors (Lipinski definition) is 5. The molecule has 2 aromatic rings. The van der Waals surface area contributed by atoms with Crippen LogP contribution in [0, 0.1) is 4.77 Å². The maximum absolute atomic E-state index is 5.36. The quantitative estimate of drug-likeness (QED) is 0.758. The van der Waals surface area contributed by atoms with Gasteiger partial charge in [0.25, 0.3) is 0 Å². The highest BCUT2D eigenvalue weighted by atomic mass is 32.1. The summed E-state index contributed by atoms with van der Waals surface area (Å²) in [7, 11) is 1.66. The van der Waals surface area contributed by atoms with E-state index >= 15 is 0 Å². The van der Waals surface area contributed by atoms with Crippen molar-refractivity contribution in [2.45, 2.75) is 13.0 Å². The Bertz CT molecular complexity index is 683. The summed E-state index contributed by atoms with van der Waals surface area (Å²) in [5, 5.41) is 6.67. The molecule has 0 bridgehead atoms. The maximum atomic E-state index is 5.36. The van der Waals surface area contributed by atoms with Gasteiger partial charge in [0.05, 0.1) is 12.8 Å². The van der Waals surface area contributed by atoms with Crippen LogP contribution in [-0.4, -0.2) is 23.6 Å². The Labute approximate surface area is 122 Å². The summed E-state index contributed by atoms with van der Waals surface area (Å²) in [6, 6.07) is 7.78. The molecule has 0 saturated carbocycles. The highest BCUT2D eigenvalue weighted by Gasteiger charge is 2.16. The molecule has 1 aromatic heterocycles. The minimum atomic E-state index is 0.491. The lowest BCUT2D eigenvalue weighted by atomic mass is 10.1. The van der Waals surface area contributed by atoms with Crippen LogP contribution in [0.5, 0.6) is 5.75 Å². The van der Waals surface area contributed by atoms with Gasteiger partial charge in [0.1, 0.15) is 11.6 Å². The van der Waals surface area contributed by atoms with Crippen molar-refractivity contribution in [3.05, 3.63) is 40.3 Å². The minimum Gasteiger partial charge on any atom is -0.495 e. The van der Waals surface area contributed by atoms with Crippen LogP contribution in [0.3, 0.4) is 0 Å². The highest BCUT2D eigenvalue weighted by molar-refractivity contribution is 7.71. The summed E-state index contributed by atoms with van der Waals surface area (Å²) < 4.78 is 5.85. The molecular weight excluding hydrogens is 272 g/mol. The lowest BCUT2D eigenvalue weighted by molar-refractivity contribution is 0.417. The van der Waals surface area contributed by atoms with Crippen LogP contribution >= 0.6 is 12.2 Å². The van der Waals surface area contributed by atoms with Crippen LogP contribution in [0.4, 0.5) is 11.5 Å². The Morgan fingerprint density at radius 1 is 1.35 bits per heavy atom. The SMILES string of the molecule is COc1ccccc1Nc1nc(=S)[nH]c2c1CCNC2. The molecule has 1 aliphatic heterocycles. The van der Waals surface area contributed by atoms with Gasteiger partial charge >= 0.3 is 0 Å². The number of ether oxygens (including phenoxy) is 1. The van der Waals surface area contributed by atoms with Crippen molar-refractivity contribution < 1.29 is 4.74 Å². The number of para-hydroxylation sites is 2. The minimum absolute atomic E-state index is 0.491. The number of aromatic amines is 1. The number of rotatable bonds is 3. The summed E-state index contributed by atoms with van der Waals surface area (Å²) in [6.45, 7) is 1.74. The number of hydrogen-bond donors (Lipinski definition) is 3. The third kappa shape index (κ3) is 2.52. The Morgan fingerprint density at radius 2 is 2.20 bits per heavy atom. The first-order valence-corrected chi connectivity index (χ1v) is 6.91. The summed E-state index contributed by atoms with van der Waals surface area (Å²) in [5.74, 6) is 1.60. The van der Waals surface area contributed by atoms with Gasteiger partial charge in [-0.3, -0.25) is 0 Å². The van der Waals surface area contributed by atoms with Gasteiger partial charge in [0.15, 0.2) is 4.77 Å². The molecular formula is C14H16N4OS. The van der Waals surface area contributed by atoms with E-state index in [4.69, 9.17) is 17.0 Å². The Kier molecular flexibility index (Phi) is 3.66. The number of aromatic nitrogens is 2. The van der Waals surface area contributed by atoms with Gasteiger partial charge in [-0.25, -0.2) is 4.98 Å². The molecule has 6 heteroatoms. The predicted molar refractivity (Wildman–Crippen MR) is 81.1 cm³/mol. The number of nitrogens with one attached hydrogen (secondary N) is 3. The monoisotopic (exact) mass is 288 g/mol. The van der Waals surface area contributed by atoms with E-state index in [1.54, 1.807) is 7.11 Å². The van der Waals surface area contributed by atoms with Crippen LogP contribution in [0.2, 0.25) is 0 Å². The third-order valence-corrected chi connectivity index (χ3v) is 3.53. The molecule has 5 nitrogen and oxygen atoms in total. The molecule has 20 heavy (non-hydrogen) atoms. The standard InChI is InChI=1S/C14H16N4OS/c1-19-12-5-3-2-4-10(12)16-13-9-6-7-15-8-11(9)17-14(20)18-13/h2-5,15H,6-8H2,1H3,(H2,16,17,18,20). The van der Waals surface area contributed by atoms with Crippen molar-refractivity contribution in [3.63, 3.8) is 0 Å². The van der Waals surface area contributed by atoms with Crippen LogP contribution < -0.4 is 15.4 Å². The fourth-order valence-electron chi connectivity index (χ4n) is 2.37. The molecule has 0 saturated heterocycles. The Balaban J connectivity index is 2.02. The van der Waals surface area contributed by atoms with Gasteiger partial charge < -0.3 is 20.4 Å². The number of benzene rings is 1. The fraction of sp³-hybridized carbons (Fsp3) is 0.286. The second-order valence-electron chi connectivity index (χ2n) is 4.60. The number of fused-ring (bicyclic) bond motifs is 1. The molecule has 0 atom stereocenters. The van der Waals surface area contributed by atoms with E-state index in [9.17, 15) is 0 Å². The van der Waals surface area contributed by atoms with E-state index in [0.29, 0.717) is 4.77 Å². The highest BCUT2D eigenvalue weighted by Crippen LogP contribution is 2.29. The molecule has 2 heterocycles. The maximum Gasteiger partial charge on any atom is 0.199 e. The van der Waals surface area contributed by atoms with Crippen molar-refractivity contribution in [2.24, 2.45) is 0 Å². The number of anilines is 2. The molecule has 0 unspecified atom stereocenters. The van der Waals surface area contributed by atoms with Gasteiger partial charge in [-0.2, -0.15) is 0 Å². The van der Waals surface area contributed by atoms with Gasteiger partial charge in [-0.1, -0.05) is 12.1 Å². The first kappa shape index (κ1) is 13.1. The smallest absolute Gasteiger partial charge is 0.199 e. The molecule has 0 fully saturated rings. The Morgan fingerprint density at radius 3 is 3.05 bits per heavy atom. The van der Waals surface area contributed by atoms with E-state index in [1.165, 1.54) is 5.56 Å². The average Bonchev–Trinajstić information content (AvgIpc) is 2.47. The van der Waals surface area contributed by atoms with E-state index in [2.05, 4.69) is 20.6 Å². The summed E-state index contributed by atoms with van der Waals surface area (Å²) in [6.07, 6.45) is 0.923. The largest absolute Gasteiger partial charge is 0.495 e. The van der Waals surface area contributed by atoms with E-state index in [-0.39, 0.29) is 0 Å². The van der Waals surface area contributed by atoms with Crippen LogP contribution in [0.25, 0.3) is 0 Å². The number of H-pyrrole nitrogens is 1. The molecule has 0 aliphatic carbocycles. The summed E-state index contributed by atoms with van der Waals surface area (Å²) in [4.78, 5) is 7.57. The number of nitrogens with zero attached hydrogens (tertiary/aromatic N) is 1. The normalized spacial score (nSPS) is 13.7. The fourth-order valence-corrected chi connectivity index (χ4v) is 2.58. The summed E-state index contributed by atoms with van der Waals surface area (Å²) in [5.41, 5.74) is 3.18. The second-order valence-corrected chi connectivity index (χ2v) is 4.99. The molecule has 3 N–H and O–H groups in total.